The number of nitrogen functional groups attached to an aromatic ring is 2. The van der Waals surface area contributed by atoms with Gasteiger partial charge in [-0.3, -0.25) is 4.79 Å². The highest BCUT2D eigenvalue weighted by Crippen LogP contribution is 2.29. The van der Waals surface area contributed by atoms with Crippen LogP contribution in [0.25, 0.3) is 0 Å². The lowest BCUT2D eigenvalue weighted by Gasteiger charge is -2.34. The molecule has 1 amide bonds. The summed E-state index contributed by atoms with van der Waals surface area (Å²) in [7, 11) is 0. The first kappa shape index (κ1) is 15.8. The van der Waals surface area contributed by atoms with E-state index in [4.69, 9.17) is 11.5 Å². The zero-order valence-corrected chi connectivity index (χ0v) is 13.2. The summed E-state index contributed by atoms with van der Waals surface area (Å²) in [6, 6.07) is 0.260. The largest absolute Gasteiger partial charge is 0.368 e. The smallest absolute Gasteiger partial charge is 0.230 e. The zero-order chi connectivity index (χ0) is 15.4. The number of hydrogen-bond acceptors (Lipinski definition) is 7. The van der Waals surface area contributed by atoms with Gasteiger partial charge in [0.15, 0.2) is 5.16 Å². The topological polar surface area (TPSA) is 120 Å². The van der Waals surface area contributed by atoms with E-state index in [1.807, 2.05) is 0 Å². The van der Waals surface area contributed by atoms with Gasteiger partial charge in [-0.2, -0.15) is 15.0 Å². The Hall–Kier alpha value is -1.57. The molecule has 5 N–H and O–H groups in total. The molecule has 1 fully saturated rings. The fraction of sp³-hybridized carbons (Fsp3) is 0.692. The Bertz CT molecular complexity index is 491. The minimum Gasteiger partial charge on any atom is -0.368 e. The highest BCUT2D eigenvalue weighted by molar-refractivity contribution is 7.99. The molecule has 0 aliphatic heterocycles. The number of carbonyl (C=O) groups excluding carboxylic acids is 1. The molecular weight excluding hydrogens is 288 g/mol. The van der Waals surface area contributed by atoms with E-state index in [0.717, 1.165) is 6.42 Å². The molecule has 0 bridgehead atoms. The molecular formula is C13H22N6OS. The lowest BCUT2D eigenvalue weighted by Crippen LogP contribution is -2.44. The SMILES string of the molecule is CC1CCCC(NC(=O)CSc2nc(N)nc(N)n2)C1C. The number of nitrogens with zero attached hydrogens (tertiary/aromatic N) is 3. The van der Waals surface area contributed by atoms with E-state index < -0.39 is 0 Å². The monoisotopic (exact) mass is 310 g/mol. The molecule has 1 aliphatic rings. The molecule has 1 aromatic rings. The second kappa shape index (κ2) is 6.93. The number of anilines is 2. The molecule has 21 heavy (non-hydrogen) atoms. The molecule has 8 heteroatoms. The standard InChI is InChI=1S/C13H22N6OS/c1-7-4-3-5-9(8(7)2)16-10(20)6-21-13-18-11(14)17-12(15)19-13/h7-9H,3-6H2,1-2H3,(H,16,20)(H4,14,15,17,18,19). The van der Waals surface area contributed by atoms with Crippen LogP contribution in [0, 0.1) is 11.8 Å². The average Bonchev–Trinajstić information content (AvgIpc) is 2.41. The Morgan fingerprint density at radius 3 is 2.57 bits per heavy atom. The summed E-state index contributed by atoms with van der Waals surface area (Å²) >= 11 is 1.21. The van der Waals surface area contributed by atoms with Crippen LogP contribution in [0.15, 0.2) is 5.16 Å². The summed E-state index contributed by atoms with van der Waals surface area (Å²) in [5, 5.41) is 3.48. The van der Waals surface area contributed by atoms with Gasteiger partial charge in [-0.15, -0.1) is 0 Å². The second-order valence-corrected chi connectivity index (χ2v) is 6.51. The van der Waals surface area contributed by atoms with Crippen molar-refractivity contribution in [2.75, 3.05) is 17.2 Å². The van der Waals surface area contributed by atoms with Gasteiger partial charge >= 0.3 is 0 Å². The first-order chi connectivity index (χ1) is 9.95. The molecule has 0 aromatic carbocycles. The average molecular weight is 310 g/mol. The first-order valence-electron chi connectivity index (χ1n) is 7.15. The Kier molecular flexibility index (Phi) is 5.22. The van der Waals surface area contributed by atoms with Gasteiger partial charge < -0.3 is 16.8 Å². The first-order valence-corrected chi connectivity index (χ1v) is 8.13. The molecule has 3 unspecified atom stereocenters. The third kappa shape index (κ3) is 4.45. The molecule has 0 radical (unpaired) electrons. The van der Waals surface area contributed by atoms with Crippen LogP contribution in [-0.2, 0) is 4.79 Å². The van der Waals surface area contributed by atoms with Crippen LogP contribution in [0.2, 0.25) is 0 Å². The van der Waals surface area contributed by atoms with E-state index in [-0.39, 0.29) is 29.6 Å². The van der Waals surface area contributed by atoms with Crippen LogP contribution < -0.4 is 16.8 Å². The van der Waals surface area contributed by atoms with Crippen molar-refractivity contribution in [3.05, 3.63) is 0 Å². The van der Waals surface area contributed by atoms with Crippen molar-refractivity contribution < 1.29 is 4.79 Å². The van der Waals surface area contributed by atoms with Crippen LogP contribution >= 0.6 is 11.8 Å². The molecule has 1 aliphatic carbocycles. The summed E-state index contributed by atoms with van der Waals surface area (Å²) in [4.78, 5) is 23.6. The zero-order valence-electron chi connectivity index (χ0n) is 12.4. The summed E-state index contributed by atoms with van der Waals surface area (Å²) in [6.45, 7) is 4.45. The number of thioether (sulfide) groups is 1. The van der Waals surface area contributed by atoms with E-state index in [9.17, 15) is 4.79 Å². The number of rotatable bonds is 4. The molecule has 3 atom stereocenters. The van der Waals surface area contributed by atoms with Crippen molar-refractivity contribution in [2.45, 2.75) is 44.3 Å². The quantitative estimate of drug-likeness (QED) is 0.711. The highest BCUT2D eigenvalue weighted by Gasteiger charge is 2.28. The van der Waals surface area contributed by atoms with Gasteiger partial charge in [-0.05, 0) is 18.3 Å². The van der Waals surface area contributed by atoms with Gasteiger partial charge in [0.1, 0.15) is 0 Å². The second-order valence-electron chi connectivity index (χ2n) is 5.56. The lowest BCUT2D eigenvalue weighted by molar-refractivity contribution is -0.120. The predicted octanol–water partition coefficient (Wildman–Crippen LogP) is 1.07. The van der Waals surface area contributed by atoms with Crippen molar-refractivity contribution in [3.63, 3.8) is 0 Å². The number of carbonyl (C=O) groups is 1. The van der Waals surface area contributed by atoms with Crippen molar-refractivity contribution in [3.8, 4) is 0 Å². The fourth-order valence-corrected chi connectivity index (χ4v) is 3.28. The molecule has 0 spiro atoms. The maximum absolute atomic E-state index is 12.0. The van der Waals surface area contributed by atoms with Gasteiger partial charge in [0, 0.05) is 6.04 Å². The Morgan fingerprint density at radius 2 is 1.90 bits per heavy atom. The number of hydrogen-bond donors (Lipinski definition) is 3. The van der Waals surface area contributed by atoms with Gasteiger partial charge in [0.2, 0.25) is 17.8 Å². The Labute approximate surface area is 128 Å². The summed E-state index contributed by atoms with van der Waals surface area (Å²) in [5.41, 5.74) is 11.0. The summed E-state index contributed by atoms with van der Waals surface area (Å²) in [5.74, 6) is 1.54. The van der Waals surface area contributed by atoms with Crippen LogP contribution in [-0.4, -0.2) is 32.7 Å². The minimum absolute atomic E-state index is 0.0106. The van der Waals surface area contributed by atoms with Gasteiger partial charge in [0.05, 0.1) is 5.75 Å². The van der Waals surface area contributed by atoms with Crippen LogP contribution in [0.5, 0.6) is 0 Å². The third-order valence-electron chi connectivity index (χ3n) is 4.04. The number of nitrogens with one attached hydrogen (secondary N) is 1. The highest BCUT2D eigenvalue weighted by atomic mass is 32.2. The normalized spacial score (nSPS) is 25.5. The molecule has 116 valence electrons. The molecule has 1 saturated carbocycles. The van der Waals surface area contributed by atoms with E-state index >= 15 is 0 Å². The van der Waals surface area contributed by atoms with Crippen molar-refractivity contribution in [2.24, 2.45) is 11.8 Å². The van der Waals surface area contributed by atoms with Gasteiger partial charge in [-0.1, -0.05) is 38.5 Å². The van der Waals surface area contributed by atoms with E-state index in [2.05, 4.69) is 34.1 Å². The number of nitrogens with two attached hydrogens (primary N) is 2. The van der Waals surface area contributed by atoms with Gasteiger partial charge in [-0.25, -0.2) is 0 Å². The number of amides is 1. The van der Waals surface area contributed by atoms with Crippen molar-refractivity contribution in [1.29, 1.82) is 0 Å². The van der Waals surface area contributed by atoms with E-state index in [0.29, 0.717) is 17.0 Å². The van der Waals surface area contributed by atoms with Crippen molar-refractivity contribution in [1.82, 2.24) is 20.3 Å². The summed E-state index contributed by atoms with van der Waals surface area (Å²) in [6.07, 6.45) is 3.46. The van der Waals surface area contributed by atoms with Crippen molar-refractivity contribution >= 4 is 29.6 Å². The summed E-state index contributed by atoms with van der Waals surface area (Å²) < 4.78 is 0. The minimum atomic E-state index is -0.0106. The molecule has 7 nitrogen and oxygen atoms in total. The van der Waals surface area contributed by atoms with E-state index in [1.165, 1.54) is 24.6 Å². The van der Waals surface area contributed by atoms with E-state index in [1.54, 1.807) is 0 Å². The molecule has 1 heterocycles. The van der Waals surface area contributed by atoms with Crippen LogP contribution in [0.4, 0.5) is 11.9 Å². The maximum atomic E-state index is 12.0. The third-order valence-corrected chi connectivity index (χ3v) is 4.88. The molecule has 2 rings (SSSR count). The fourth-order valence-electron chi connectivity index (χ4n) is 2.62. The van der Waals surface area contributed by atoms with Crippen LogP contribution in [0.3, 0.4) is 0 Å². The predicted molar refractivity (Wildman–Crippen MR) is 83.5 cm³/mol. The van der Waals surface area contributed by atoms with Crippen LogP contribution in [0.1, 0.15) is 33.1 Å². The maximum Gasteiger partial charge on any atom is 0.230 e. The van der Waals surface area contributed by atoms with Gasteiger partial charge in [0.25, 0.3) is 0 Å². The lowest BCUT2D eigenvalue weighted by atomic mass is 9.78. The Morgan fingerprint density at radius 1 is 1.24 bits per heavy atom. The molecule has 1 aromatic heterocycles. The Balaban J connectivity index is 1.84. The molecule has 0 saturated heterocycles. The number of aromatic nitrogens is 3.